The van der Waals surface area contributed by atoms with Crippen LogP contribution in [0.25, 0.3) is 0 Å². The highest BCUT2D eigenvalue weighted by Crippen LogP contribution is 2.41. The normalized spacial score (nSPS) is 12.9. The third kappa shape index (κ3) is 2.49. The van der Waals surface area contributed by atoms with Crippen LogP contribution >= 0.6 is 0 Å². The summed E-state index contributed by atoms with van der Waals surface area (Å²) in [7, 11) is 0. The van der Waals surface area contributed by atoms with Crippen LogP contribution in [0.4, 0.5) is 0 Å². The summed E-state index contributed by atoms with van der Waals surface area (Å²) in [4.78, 5) is 0. The molecule has 1 N–H and O–H groups in total. The summed E-state index contributed by atoms with van der Waals surface area (Å²) in [6, 6.07) is 3.16. The molecule has 0 bridgehead atoms. The van der Waals surface area contributed by atoms with Gasteiger partial charge in [0.25, 0.3) is 0 Å². The zero-order chi connectivity index (χ0) is 12.7. The SMILES string of the molecule is CC(C)(C)c1cc(O)cc(C(C)(C)C)c1[O]. The third-order valence-corrected chi connectivity index (χ3v) is 2.69. The van der Waals surface area contributed by atoms with Crippen LogP contribution in [-0.2, 0) is 15.9 Å². The molecule has 0 aromatic heterocycles. The van der Waals surface area contributed by atoms with Crippen molar-refractivity contribution in [2.75, 3.05) is 0 Å². The van der Waals surface area contributed by atoms with Crippen molar-refractivity contribution in [2.24, 2.45) is 0 Å². The molecule has 0 saturated heterocycles. The van der Waals surface area contributed by atoms with Crippen molar-refractivity contribution in [2.45, 2.75) is 52.4 Å². The van der Waals surface area contributed by atoms with Gasteiger partial charge in [-0.15, -0.1) is 0 Å². The van der Waals surface area contributed by atoms with Gasteiger partial charge in [0.15, 0.2) is 5.75 Å². The topological polar surface area (TPSA) is 40.1 Å². The first-order chi connectivity index (χ1) is 7.03. The van der Waals surface area contributed by atoms with Gasteiger partial charge in [-0.25, -0.2) is 0 Å². The summed E-state index contributed by atoms with van der Waals surface area (Å²) in [6.45, 7) is 11.9. The lowest BCUT2D eigenvalue weighted by molar-refractivity contribution is 0.325. The van der Waals surface area contributed by atoms with Crippen molar-refractivity contribution in [3.8, 4) is 11.5 Å². The molecule has 0 aliphatic heterocycles. The highest BCUT2D eigenvalue weighted by molar-refractivity contribution is 5.51. The summed E-state index contributed by atoms with van der Waals surface area (Å²) in [5.74, 6) is 0.229. The number of hydrogen-bond donors (Lipinski definition) is 1. The largest absolute Gasteiger partial charge is 0.508 e. The molecule has 1 aromatic rings. The third-order valence-electron chi connectivity index (χ3n) is 2.69. The first kappa shape index (κ1) is 12.9. The molecule has 16 heavy (non-hydrogen) atoms. The van der Waals surface area contributed by atoms with E-state index < -0.39 is 0 Å². The van der Waals surface area contributed by atoms with E-state index in [4.69, 9.17) is 0 Å². The average molecular weight is 221 g/mol. The van der Waals surface area contributed by atoms with E-state index in [-0.39, 0.29) is 22.3 Å². The van der Waals surface area contributed by atoms with E-state index in [1.807, 2.05) is 41.5 Å². The fourth-order valence-electron chi connectivity index (χ4n) is 1.73. The Morgan fingerprint density at radius 1 is 0.875 bits per heavy atom. The van der Waals surface area contributed by atoms with Gasteiger partial charge in [0, 0.05) is 11.1 Å². The minimum Gasteiger partial charge on any atom is -0.508 e. The van der Waals surface area contributed by atoms with Crippen LogP contribution in [0.2, 0.25) is 0 Å². The number of phenols is 1. The number of aromatic hydroxyl groups is 1. The molecule has 0 spiro atoms. The van der Waals surface area contributed by atoms with Gasteiger partial charge in [-0.2, -0.15) is 0 Å². The minimum atomic E-state index is -0.240. The highest BCUT2D eigenvalue weighted by Gasteiger charge is 2.27. The molecule has 0 saturated carbocycles. The first-order valence-corrected chi connectivity index (χ1v) is 5.58. The van der Waals surface area contributed by atoms with Gasteiger partial charge in [-0.05, 0) is 23.0 Å². The fraction of sp³-hybridized carbons (Fsp3) is 0.571. The number of rotatable bonds is 0. The van der Waals surface area contributed by atoms with Crippen LogP contribution in [0.1, 0.15) is 52.7 Å². The van der Waals surface area contributed by atoms with Gasteiger partial charge in [0.1, 0.15) is 5.75 Å². The monoisotopic (exact) mass is 221 g/mol. The second-order valence-electron chi connectivity index (χ2n) is 6.37. The van der Waals surface area contributed by atoms with Crippen molar-refractivity contribution in [3.63, 3.8) is 0 Å². The first-order valence-electron chi connectivity index (χ1n) is 5.58. The van der Waals surface area contributed by atoms with Gasteiger partial charge >= 0.3 is 0 Å². The number of benzene rings is 1. The van der Waals surface area contributed by atoms with Gasteiger partial charge in [0.05, 0.1) is 0 Å². The Kier molecular flexibility index (Phi) is 2.97. The maximum Gasteiger partial charge on any atom is 0.186 e. The summed E-state index contributed by atoms with van der Waals surface area (Å²) >= 11 is 0. The molecule has 1 radical (unpaired) electrons. The number of hydrogen-bond acceptors (Lipinski definition) is 1. The van der Waals surface area contributed by atoms with E-state index in [1.54, 1.807) is 12.1 Å². The lowest BCUT2D eigenvalue weighted by Gasteiger charge is -2.25. The molecule has 0 amide bonds. The summed E-state index contributed by atoms with van der Waals surface area (Å²) in [6.07, 6.45) is 0. The van der Waals surface area contributed by atoms with Crippen LogP contribution < -0.4 is 0 Å². The predicted molar refractivity (Wildman–Crippen MR) is 65.6 cm³/mol. The van der Waals surface area contributed by atoms with E-state index in [9.17, 15) is 10.2 Å². The Balaban J connectivity index is 3.51. The van der Waals surface area contributed by atoms with E-state index >= 15 is 0 Å². The Morgan fingerprint density at radius 2 is 1.19 bits per heavy atom. The molecular formula is C14H21O2. The zero-order valence-electron chi connectivity index (χ0n) is 11.0. The molecule has 0 aliphatic rings. The molecule has 0 atom stereocenters. The minimum absolute atomic E-state index is 0.0535. The second kappa shape index (κ2) is 3.69. The van der Waals surface area contributed by atoms with Crippen molar-refractivity contribution in [1.29, 1.82) is 0 Å². The molecule has 0 unspecified atom stereocenters. The van der Waals surface area contributed by atoms with Gasteiger partial charge in [-0.1, -0.05) is 41.5 Å². The van der Waals surface area contributed by atoms with Gasteiger partial charge in [0.2, 0.25) is 0 Å². The van der Waals surface area contributed by atoms with Crippen molar-refractivity contribution in [3.05, 3.63) is 23.3 Å². The van der Waals surface area contributed by atoms with Crippen molar-refractivity contribution < 1.29 is 10.2 Å². The predicted octanol–water partition coefficient (Wildman–Crippen LogP) is 4.13. The zero-order valence-corrected chi connectivity index (χ0v) is 11.0. The lowest BCUT2D eigenvalue weighted by Crippen LogP contribution is -2.16. The second-order valence-corrected chi connectivity index (χ2v) is 6.37. The van der Waals surface area contributed by atoms with Crippen LogP contribution in [-0.4, -0.2) is 5.11 Å². The Bertz CT molecular complexity index is 357. The van der Waals surface area contributed by atoms with Crippen LogP contribution in [0.5, 0.6) is 11.5 Å². The fourth-order valence-corrected chi connectivity index (χ4v) is 1.73. The van der Waals surface area contributed by atoms with E-state index in [2.05, 4.69) is 0 Å². The molecule has 1 aromatic carbocycles. The average Bonchev–Trinajstić information content (AvgIpc) is 2.04. The van der Waals surface area contributed by atoms with Crippen LogP contribution in [0, 0.1) is 0 Å². The van der Waals surface area contributed by atoms with Gasteiger partial charge in [-0.3, -0.25) is 5.11 Å². The molecule has 2 nitrogen and oxygen atoms in total. The van der Waals surface area contributed by atoms with Crippen molar-refractivity contribution in [1.82, 2.24) is 0 Å². The standard InChI is InChI=1S/C14H21O2/c1-13(2,3)10-7-9(15)8-11(12(10)16)14(4,5)6/h7-8,15H,1-6H3. The quantitative estimate of drug-likeness (QED) is 0.703. The molecule has 1 rings (SSSR count). The number of phenolic OH excluding ortho intramolecular Hbond substituents is 1. The summed E-state index contributed by atoms with van der Waals surface area (Å²) in [5, 5.41) is 22.0. The Morgan fingerprint density at radius 3 is 1.44 bits per heavy atom. The molecule has 89 valence electrons. The molecule has 2 heteroatoms. The Labute approximate surface area is 97.9 Å². The molecular weight excluding hydrogens is 200 g/mol. The highest BCUT2D eigenvalue weighted by atomic mass is 16.3. The van der Waals surface area contributed by atoms with Crippen LogP contribution in [0.15, 0.2) is 12.1 Å². The molecule has 0 fully saturated rings. The van der Waals surface area contributed by atoms with E-state index in [1.165, 1.54) is 0 Å². The smallest absolute Gasteiger partial charge is 0.186 e. The maximum absolute atomic E-state index is 12.3. The Hall–Kier alpha value is -1.18. The molecule has 0 heterocycles. The lowest BCUT2D eigenvalue weighted by atomic mass is 9.79. The van der Waals surface area contributed by atoms with Gasteiger partial charge < -0.3 is 5.11 Å². The van der Waals surface area contributed by atoms with Crippen LogP contribution in [0.3, 0.4) is 0 Å². The van der Waals surface area contributed by atoms with Crippen molar-refractivity contribution >= 4 is 0 Å². The van der Waals surface area contributed by atoms with E-state index in [0.717, 1.165) is 0 Å². The maximum atomic E-state index is 12.3. The summed E-state index contributed by atoms with van der Waals surface area (Å²) < 4.78 is 0. The molecule has 0 aliphatic carbocycles. The summed E-state index contributed by atoms with van der Waals surface area (Å²) in [5.41, 5.74) is 0.876. The van der Waals surface area contributed by atoms with E-state index in [0.29, 0.717) is 11.1 Å².